The summed E-state index contributed by atoms with van der Waals surface area (Å²) in [6, 6.07) is 10.8. The molecule has 0 aliphatic carbocycles. The minimum absolute atomic E-state index is 0.0728. The van der Waals surface area contributed by atoms with Crippen molar-refractivity contribution < 1.29 is 19.2 Å². The van der Waals surface area contributed by atoms with Crippen molar-refractivity contribution in [3.8, 4) is 17.2 Å². The van der Waals surface area contributed by atoms with Gasteiger partial charge in [0, 0.05) is 24.7 Å². The minimum atomic E-state index is -0.546. The summed E-state index contributed by atoms with van der Waals surface area (Å²) in [5.74, 6) is 0.951. The standard InChI is InChI=1S/C19H23N3O5/c1-4-20-13(2)12-21-19(23)17-11-14(22(24)25)5-10-18(17)27-16-8-6-15(26-3)7-9-16/h5-11,13,20H,4,12H2,1-3H3,(H,21,23)/t13-/m1/s1. The van der Waals surface area contributed by atoms with E-state index in [1.807, 2.05) is 13.8 Å². The number of carbonyl (C=O) groups excluding carboxylic acids is 1. The Balaban J connectivity index is 2.24. The zero-order valence-electron chi connectivity index (χ0n) is 15.5. The molecule has 2 rings (SSSR count). The maximum absolute atomic E-state index is 12.6. The number of likely N-dealkylation sites (N-methyl/N-ethyl adjacent to an activating group) is 1. The molecule has 0 fully saturated rings. The molecule has 0 radical (unpaired) electrons. The summed E-state index contributed by atoms with van der Waals surface area (Å²) >= 11 is 0. The van der Waals surface area contributed by atoms with Gasteiger partial charge in [-0.1, -0.05) is 6.92 Å². The molecule has 27 heavy (non-hydrogen) atoms. The summed E-state index contributed by atoms with van der Waals surface area (Å²) in [5, 5.41) is 17.0. The summed E-state index contributed by atoms with van der Waals surface area (Å²) in [6.45, 7) is 5.07. The highest BCUT2D eigenvalue weighted by molar-refractivity contribution is 5.97. The van der Waals surface area contributed by atoms with E-state index in [1.54, 1.807) is 31.4 Å². The normalized spacial score (nSPS) is 11.5. The van der Waals surface area contributed by atoms with E-state index in [-0.39, 0.29) is 23.0 Å². The van der Waals surface area contributed by atoms with E-state index in [0.717, 1.165) is 6.54 Å². The van der Waals surface area contributed by atoms with Crippen LogP contribution >= 0.6 is 0 Å². The third kappa shape index (κ3) is 5.68. The first-order valence-corrected chi connectivity index (χ1v) is 8.56. The summed E-state index contributed by atoms with van der Waals surface area (Å²) in [5.41, 5.74) is -0.0781. The number of ether oxygens (including phenoxy) is 2. The smallest absolute Gasteiger partial charge is 0.270 e. The molecule has 0 saturated heterocycles. The van der Waals surface area contributed by atoms with E-state index >= 15 is 0 Å². The molecule has 0 bridgehead atoms. The number of benzene rings is 2. The van der Waals surface area contributed by atoms with Crippen molar-refractivity contribution in [2.45, 2.75) is 19.9 Å². The average Bonchev–Trinajstić information content (AvgIpc) is 2.67. The van der Waals surface area contributed by atoms with Crippen molar-refractivity contribution >= 4 is 11.6 Å². The van der Waals surface area contributed by atoms with Gasteiger partial charge < -0.3 is 20.1 Å². The van der Waals surface area contributed by atoms with Crippen LogP contribution in [-0.2, 0) is 0 Å². The number of amides is 1. The monoisotopic (exact) mass is 373 g/mol. The lowest BCUT2D eigenvalue weighted by molar-refractivity contribution is -0.384. The molecule has 144 valence electrons. The molecule has 0 heterocycles. The topological polar surface area (TPSA) is 103 Å². The van der Waals surface area contributed by atoms with Gasteiger partial charge in [-0.25, -0.2) is 0 Å². The minimum Gasteiger partial charge on any atom is -0.497 e. The Labute approximate surface area is 157 Å². The fourth-order valence-corrected chi connectivity index (χ4v) is 2.43. The molecule has 0 aliphatic rings. The number of nitro benzene ring substituents is 1. The molecule has 1 amide bonds. The number of nitrogens with one attached hydrogen (secondary N) is 2. The summed E-state index contributed by atoms with van der Waals surface area (Å²) in [4.78, 5) is 23.1. The molecule has 2 aromatic rings. The SMILES string of the molecule is CCN[C@H](C)CNC(=O)c1cc([N+](=O)[O-])ccc1Oc1ccc(OC)cc1. The zero-order valence-corrected chi connectivity index (χ0v) is 15.5. The van der Waals surface area contributed by atoms with Crippen LogP contribution in [0.15, 0.2) is 42.5 Å². The molecule has 2 N–H and O–H groups in total. The molecule has 0 saturated carbocycles. The van der Waals surface area contributed by atoms with Gasteiger partial charge in [0.2, 0.25) is 0 Å². The third-order valence-corrected chi connectivity index (χ3v) is 3.83. The lowest BCUT2D eigenvalue weighted by Crippen LogP contribution is -2.38. The Kier molecular flexibility index (Phi) is 7.13. The van der Waals surface area contributed by atoms with Gasteiger partial charge in [-0.3, -0.25) is 14.9 Å². The number of nitro groups is 1. The van der Waals surface area contributed by atoms with Crippen LogP contribution in [0.3, 0.4) is 0 Å². The summed E-state index contributed by atoms with van der Waals surface area (Å²) in [6.07, 6.45) is 0. The summed E-state index contributed by atoms with van der Waals surface area (Å²) < 4.78 is 10.9. The van der Waals surface area contributed by atoms with Crippen molar-refractivity contribution in [2.24, 2.45) is 0 Å². The van der Waals surface area contributed by atoms with Crippen LogP contribution < -0.4 is 20.1 Å². The van der Waals surface area contributed by atoms with Crippen LogP contribution in [-0.4, -0.2) is 37.1 Å². The molecule has 8 nitrogen and oxygen atoms in total. The molecule has 0 spiro atoms. The van der Waals surface area contributed by atoms with Crippen LogP contribution in [0.1, 0.15) is 24.2 Å². The maximum atomic E-state index is 12.6. The molecule has 2 aromatic carbocycles. The number of carbonyl (C=O) groups is 1. The van der Waals surface area contributed by atoms with Crippen molar-refractivity contribution in [3.05, 3.63) is 58.1 Å². The maximum Gasteiger partial charge on any atom is 0.270 e. The molecule has 1 atom stereocenters. The Bertz CT molecular complexity index is 792. The van der Waals surface area contributed by atoms with Crippen molar-refractivity contribution in [2.75, 3.05) is 20.2 Å². The van der Waals surface area contributed by atoms with Crippen LogP contribution in [0.2, 0.25) is 0 Å². The molecule has 0 aliphatic heterocycles. The highest BCUT2D eigenvalue weighted by atomic mass is 16.6. The molecular formula is C19H23N3O5. The largest absolute Gasteiger partial charge is 0.497 e. The van der Waals surface area contributed by atoms with Gasteiger partial charge in [0.25, 0.3) is 11.6 Å². The second kappa shape index (κ2) is 9.54. The predicted molar refractivity (Wildman–Crippen MR) is 102 cm³/mol. The van der Waals surface area contributed by atoms with Crippen molar-refractivity contribution in [1.82, 2.24) is 10.6 Å². The van der Waals surface area contributed by atoms with E-state index in [1.165, 1.54) is 18.2 Å². The Hall–Kier alpha value is -3.13. The number of rotatable bonds is 9. The second-order valence-electron chi connectivity index (χ2n) is 5.88. The predicted octanol–water partition coefficient (Wildman–Crippen LogP) is 3.12. The molecule has 8 heteroatoms. The number of hydrogen-bond acceptors (Lipinski definition) is 6. The Morgan fingerprint density at radius 3 is 2.44 bits per heavy atom. The van der Waals surface area contributed by atoms with E-state index in [9.17, 15) is 14.9 Å². The van der Waals surface area contributed by atoms with Crippen molar-refractivity contribution in [1.29, 1.82) is 0 Å². The Morgan fingerprint density at radius 1 is 1.19 bits per heavy atom. The fourth-order valence-electron chi connectivity index (χ4n) is 2.43. The van der Waals surface area contributed by atoms with Gasteiger partial charge >= 0.3 is 0 Å². The van der Waals surface area contributed by atoms with Gasteiger partial charge in [0.15, 0.2) is 0 Å². The zero-order chi connectivity index (χ0) is 19.8. The highest BCUT2D eigenvalue weighted by Gasteiger charge is 2.19. The molecule has 0 aromatic heterocycles. The number of nitrogens with zero attached hydrogens (tertiary/aromatic N) is 1. The van der Waals surface area contributed by atoms with Crippen molar-refractivity contribution in [3.63, 3.8) is 0 Å². The fraction of sp³-hybridized carbons (Fsp3) is 0.316. The van der Waals surface area contributed by atoms with Gasteiger partial charge in [0.1, 0.15) is 17.2 Å². The summed E-state index contributed by atoms with van der Waals surface area (Å²) in [7, 11) is 1.56. The third-order valence-electron chi connectivity index (χ3n) is 3.83. The lowest BCUT2D eigenvalue weighted by Gasteiger charge is -2.15. The molecular weight excluding hydrogens is 350 g/mol. The second-order valence-corrected chi connectivity index (χ2v) is 5.88. The average molecular weight is 373 g/mol. The number of hydrogen-bond donors (Lipinski definition) is 2. The van der Waals surface area contributed by atoms with Crippen LogP contribution in [0.4, 0.5) is 5.69 Å². The number of non-ortho nitro benzene ring substituents is 1. The van der Waals surface area contributed by atoms with E-state index in [0.29, 0.717) is 18.0 Å². The first-order valence-electron chi connectivity index (χ1n) is 8.56. The van der Waals surface area contributed by atoms with E-state index < -0.39 is 10.8 Å². The van der Waals surface area contributed by atoms with Gasteiger partial charge in [-0.2, -0.15) is 0 Å². The first-order chi connectivity index (χ1) is 12.9. The van der Waals surface area contributed by atoms with Crippen LogP contribution in [0, 0.1) is 10.1 Å². The van der Waals surface area contributed by atoms with E-state index in [4.69, 9.17) is 9.47 Å². The molecule has 0 unspecified atom stereocenters. The first kappa shape index (κ1) is 20.2. The quantitative estimate of drug-likeness (QED) is 0.517. The lowest BCUT2D eigenvalue weighted by atomic mass is 10.1. The van der Waals surface area contributed by atoms with E-state index in [2.05, 4.69) is 10.6 Å². The van der Waals surface area contributed by atoms with Gasteiger partial charge in [-0.05, 0) is 43.8 Å². The Morgan fingerprint density at radius 2 is 1.85 bits per heavy atom. The van der Waals surface area contributed by atoms with Crippen LogP contribution in [0.25, 0.3) is 0 Å². The van der Waals surface area contributed by atoms with Gasteiger partial charge in [0.05, 0.1) is 17.6 Å². The van der Waals surface area contributed by atoms with Crippen LogP contribution in [0.5, 0.6) is 17.2 Å². The van der Waals surface area contributed by atoms with Gasteiger partial charge in [-0.15, -0.1) is 0 Å². The number of methoxy groups -OCH3 is 1. The highest BCUT2D eigenvalue weighted by Crippen LogP contribution is 2.29.